The fourth-order valence-electron chi connectivity index (χ4n) is 2.90. The summed E-state index contributed by atoms with van der Waals surface area (Å²) in [5.41, 5.74) is 1.24. The SMILES string of the molecule is Clc1ccccc1N1CC2CCC1C2. The van der Waals surface area contributed by atoms with E-state index in [2.05, 4.69) is 17.0 Å². The number of para-hydroxylation sites is 1. The van der Waals surface area contributed by atoms with E-state index in [1.165, 1.54) is 31.5 Å². The number of nitrogens with zero attached hydrogens (tertiary/aromatic N) is 1. The molecule has 1 aliphatic heterocycles. The molecule has 2 aliphatic rings. The molecule has 1 aromatic carbocycles. The lowest BCUT2D eigenvalue weighted by molar-refractivity contribution is 0.553. The molecule has 0 amide bonds. The minimum atomic E-state index is 0.764. The Kier molecular flexibility index (Phi) is 1.94. The summed E-state index contributed by atoms with van der Waals surface area (Å²) in [5, 5.41) is 0.903. The third-order valence-corrected chi connectivity index (χ3v) is 3.89. The molecule has 2 heteroatoms. The van der Waals surface area contributed by atoms with E-state index < -0.39 is 0 Å². The Balaban J connectivity index is 1.93. The van der Waals surface area contributed by atoms with Crippen molar-refractivity contribution in [2.45, 2.75) is 25.3 Å². The maximum Gasteiger partial charge on any atom is 0.0639 e. The lowest BCUT2D eigenvalue weighted by Crippen LogP contribution is -2.31. The van der Waals surface area contributed by atoms with Crippen LogP contribution in [-0.4, -0.2) is 12.6 Å². The largest absolute Gasteiger partial charge is 0.367 e. The van der Waals surface area contributed by atoms with Gasteiger partial charge < -0.3 is 4.90 Å². The van der Waals surface area contributed by atoms with Gasteiger partial charge >= 0.3 is 0 Å². The van der Waals surface area contributed by atoms with E-state index in [1.807, 2.05) is 12.1 Å². The summed E-state index contributed by atoms with van der Waals surface area (Å²) in [6, 6.07) is 8.97. The van der Waals surface area contributed by atoms with E-state index in [1.54, 1.807) is 0 Å². The summed E-state index contributed by atoms with van der Waals surface area (Å²) >= 11 is 6.20. The summed E-state index contributed by atoms with van der Waals surface area (Å²) in [4.78, 5) is 2.50. The van der Waals surface area contributed by atoms with E-state index >= 15 is 0 Å². The quantitative estimate of drug-likeness (QED) is 0.683. The zero-order chi connectivity index (χ0) is 9.54. The fraction of sp³-hybridized carbons (Fsp3) is 0.500. The normalized spacial score (nSPS) is 29.9. The molecule has 2 unspecified atom stereocenters. The number of rotatable bonds is 1. The Morgan fingerprint density at radius 3 is 2.71 bits per heavy atom. The van der Waals surface area contributed by atoms with Gasteiger partial charge in [0.1, 0.15) is 0 Å². The van der Waals surface area contributed by atoms with Gasteiger partial charge in [-0.05, 0) is 37.3 Å². The topological polar surface area (TPSA) is 3.24 Å². The summed E-state index contributed by atoms with van der Waals surface area (Å²) in [5.74, 6) is 0.927. The number of benzene rings is 1. The van der Waals surface area contributed by atoms with E-state index in [4.69, 9.17) is 11.6 Å². The first kappa shape index (κ1) is 8.60. The van der Waals surface area contributed by atoms with Crippen molar-refractivity contribution in [3.8, 4) is 0 Å². The molecule has 0 spiro atoms. The molecular formula is C12H14ClN. The Morgan fingerprint density at radius 2 is 2.07 bits per heavy atom. The third-order valence-electron chi connectivity index (χ3n) is 3.57. The molecule has 1 aromatic rings. The van der Waals surface area contributed by atoms with Crippen molar-refractivity contribution in [3.05, 3.63) is 29.3 Å². The van der Waals surface area contributed by atoms with E-state index in [0.29, 0.717) is 0 Å². The van der Waals surface area contributed by atoms with Crippen LogP contribution >= 0.6 is 11.6 Å². The molecule has 1 saturated carbocycles. The average molecular weight is 208 g/mol. The van der Waals surface area contributed by atoms with Gasteiger partial charge in [0, 0.05) is 12.6 Å². The van der Waals surface area contributed by atoms with Gasteiger partial charge in [0.15, 0.2) is 0 Å². The van der Waals surface area contributed by atoms with E-state index in [-0.39, 0.29) is 0 Å². The second-order valence-electron chi connectivity index (χ2n) is 4.44. The zero-order valence-electron chi connectivity index (χ0n) is 8.12. The van der Waals surface area contributed by atoms with Crippen LogP contribution in [-0.2, 0) is 0 Å². The van der Waals surface area contributed by atoms with Gasteiger partial charge in [0.05, 0.1) is 10.7 Å². The highest BCUT2D eigenvalue weighted by molar-refractivity contribution is 6.33. The van der Waals surface area contributed by atoms with E-state index in [0.717, 1.165) is 17.0 Å². The van der Waals surface area contributed by atoms with Crippen molar-refractivity contribution in [1.82, 2.24) is 0 Å². The van der Waals surface area contributed by atoms with Crippen LogP contribution in [0, 0.1) is 5.92 Å². The number of anilines is 1. The fourth-order valence-corrected chi connectivity index (χ4v) is 3.15. The Labute approximate surface area is 89.7 Å². The number of fused-ring (bicyclic) bond motifs is 2. The van der Waals surface area contributed by atoms with Crippen LogP contribution in [0.1, 0.15) is 19.3 Å². The molecular weight excluding hydrogens is 194 g/mol. The van der Waals surface area contributed by atoms with Gasteiger partial charge in [0.2, 0.25) is 0 Å². The number of piperidine rings is 1. The molecule has 1 aliphatic carbocycles. The van der Waals surface area contributed by atoms with Crippen molar-refractivity contribution in [2.75, 3.05) is 11.4 Å². The molecule has 74 valence electrons. The van der Waals surface area contributed by atoms with Gasteiger partial charge in [-0.3, -0.25) is 0 Å². The lowest BCUT2D eigenvalue weighted by atomic mass is 10.1. The second-order valence-corrected chi connectivity index (χ2v) is 4.84. The van der Waals surface area contributed by atoms with E-state index in [9.17, 15) is 0 Å². The molecule has 2 atom stereocenters. The van der Waals surface area contributed by atoms with Crippen molar-refractivity contribution >= 4 is 17.3 Å². The second kappa shape index (κ2) is 3.16. The summed E-state index contributed by atoms with van der Waals surface area (Å²) in [7, 11) is 0. The minimum Gasteiger partial charge on any atom is -0.367 e. The Morgan fingerprint density at radius 1 is 1.21 bits per heavy atom. The third kappa shape index (κ3) is 1.23. The highest BCUT2D eigenvalue weighted by Crippen LogP contribution is 2.42. The van der Waals surface area contributed by atoms with Crippen molar-refractivity contribution in [3.63, 3.8) is 0 Å². The summed E-state index contributed by atoms with van der Waals surface area (Å²) in [6.45, 7) is 1.22. The molecule has 1 nitrogen and oxygen atoms in total. The molecule has 1 heterocycles. The smallest absolute Gasteiger partial charge is 0.0639 e. The average Bonchev–Trinajstić information content (AvgIpc) is 2.79. The standard InChI is InChI=1S/C12H14ClN/c13-11-3-1-2-4-12(11)14-8-9-5-6-10(14)7-9/h1-4,9-10H,5-8H2. The summed E-state index contributed by atoms with van der Waals surface area (Å²) in [6.07, 6.45) is 4.16. The van der Waals surface area contributed by atoms with Crippen molar-refractivity contribution < 1.29 is 0 Å². The van der Waals surface area contributed by atoms with Crippen LogP contribution in [0.4, 0.5) is 5.69 Å². The number of hydrogen-bond acceptors (Lipinski definition) is 1. The first-order valence-electron chi connectivity index (χ1n) is 5.36. The van der Waals surface area contributed by atoms with Gasteiger partial charge in [-0.2, -0.15) is 0 Å². The Bertz CT molecular complexity index is 350. The van der Waals surface area contributed by atoms with Gasteiger partial charge in [-0.25, -0.2) is 0 Å². The predicted octanol–water partition coefficient (Wildman–Crippen LogP) is 3.33. The maximum atomic E-state index is 6.20. The van der Waals surface area contributed by atoms with Gasteiger partial charge in [-0.15, -0.1) is 0 Å². The lowest BCUT2D eigenvalue weighted by Gasteiger charge is -2.29. The Hall–Kier alpha value is -0.690. The molecule has 2 fully saturated rings. The molecule has 0 aromatic heterocycles. The molecule has 14 heavy (non-hydrogen) atoms. The maximum absolute atomic E-state index is 6.20. The van der Waals surface area contributed by atoms with Crippen molar-refractivity contribution in [1.29, 1.82) is 0 Å². The van der Waals surface area contributed by atoms with Crippen molar-refractivity contribution in [2.24, 2.45) is 5.92 Å². The molecule has 0 N–H and O–H groups in total. The first-order valence-corrected chi connectivity index (χ1v) is 5.73. The minimum absolute atomic E-state index is 0.764. The van der Waals surface area contributed by atoms with Crippen LogP contribution in [0.3, 0.4) is 0 Å². The van der Waals surface area contributed by atoms with Gasteiger partial charge in [-0.1, -0.05) is 23.7 Å². The number of hydrogen-bond donors (Lipinski definition) is 0. The molecule has 0 radical (unpaired) electrons. The number of halogens is 1. The molecule has 2 bridgehead atoms. The van der Waals surface area contributed by atoms with Crippen LogP contribution in [0.2, 0.25) is 5.02 Å². The molecule has 1 saturated heterocycles. The first-order chi connectivity index (χ1) is 6.84. The highest BCUT2D eigenvalue weighted by atomic mass is 35.5. The predicted molar refractivity (Wildman–Crippen MR) is 59.9 cm³/mol. The summed E-state index contributed by atoms with van der Waals surface area (Å²) < 4.78 is 0. The van der Waals surface area contributed by atoms with Crippen LogP contribution < -0.4 is 4.90 Å². The van der Waals surface area contributed by atoms with Crippen LogP contribution in [0.25, 0.3) is 0 Å². The monoisotopic (exact) mass is 207 g/mol. The van der Waals surface area contributed by atoms with Crippen LogP contribution in [0.5, 0.6) is 0 Å². The molecule has 3 rings (SSSR count). The zero-order valence-corrected chi connectivity index (χ0v) is 8.87. The highest BCUT2D eigenvalue weighted by Gasteiger charge is 2.38. The van der Waals surface area contributed by atoms with Gasteiger partial charge in [0.25, 0.3) is 0 Å². The van der Waals surface area contributed by atoms with Crippen LogP contribution in [0.15, 0.2) is 24.3 Å².